The zero-order valence-corrected chi connectivity index (χ0v) is 13.6. The molecular weight excluding hydrogens is 256 g/mol. The Morgan fingerprint density at radius 3 is 1.86 bits per heavy atom. The van der Waals surface area contributed by atoms with E-state index in [-0.39, 0.29) is 0 Å². The molecule has 0 aliphatic carbocycles. The maximum atomic E-state index is 11.0. The van der Waals surface area contributed by atoms with Gasteiger partial charge < -0.3 is 0 Å². The molecule has 21 heavy (non-hydrogen) atoms. The summed E-state index contributed by atoms with van der Waals surface area (Å²) in [6.45, 7) is 2.26. The van der Waals surface area contributed by atoms with Gasteiger partial charge in [0.15, 0.2) is 0 Å². The first kappa shape index (κ1) is 17.7. The summed E-state index contributed by atoms with van der Waals surface area (Å²) in [5.41, 5.74) is 1.86. The van der Waals surface area contributed by atoms with Crippen molar-refractivity contribution >= 4 is 11.5 Å². The second-order valence-electron chi connectivity index (χ2n) is 5.88. The molecule has 0 N–H and O–H groups in total. The van der Waals surface area contributed by atoms with Crippen LogP contribution in [0.15, 0.2) is 30.3 Å². The summed E-state index contributed by atoms with van der Waals surface area (Å²) in [4.78, 5) is 11.0. The van der Waals surface area contributed by atoms with Crippen LogP contribution in [0.25, 0.3) is 5.57 Å². The first-order chi connectivity index (χ1) is 10.4. The minimum Gasteiger partial charge on any atom is -0.233 e. The highest BCUT2D eigenvalue weighted by atomic mass is 16.1. The monoisotopic (exact) mass is 286 g/mol. The molecule has 0 saturated heterocycles. The number of rotatable bonds is 12. The van der Waals surface area contributed by atoms with Gasteiger partial charge in [0.05, 0.1) is 0 Å². The molecule has 0 saturated carbocycles. The van der Waals surface area contributed by atoms with Crippen molar-refractivity contribution < 1.29 is 4.79 Å². The highest BCUT2D eigenvalue weighted by Gasteiger charge is 2.02. The van der Waals surface area contributed by atoms with Crippen LogP contribution in [0.1, 0.15) is 83.1 Å². The molecule has 0 aromatic heterocycles. The molecular formula is C20H30O. The Morgan fingerprint density at radius 2 is 1.33 bits per heavy atom. The third kappa shape index (κ3) is 8.52. The van der Waals surface area contributed by atoms with Crippen molar-refractivity contribution in [1.82, 2.24) is 0 Å². The molecule has 1 rings (SSSR count). The van der Waals surface area contributed by atoms with Crippen molar-refractivity contribution in [2.24, 2.45) is 0 Å². The summed E-state index contributed by atoms with van der Waals surface area (Å²) in [6.07, 6.45) is 14.1. The Labute approximate surface area is 130 Å². The van der Waals surface area contributed by atoms with Crippen molar-refractivity contribution in [2.75, 3.05) is 0 Å². The van der Waals surface area contributed by atoms with Crippen molar-refractivity contribution in [3.05, 3.63) is 35.9 Å². The second-order valence-corrected chi connectivity index (χ2v) is 5.88. The lowest BCUT2D eigenvalue weighted by molar-refractivity contribution is 0.557. The van der Waals surface area contributed by atoms with Crippen LogP contribution in [-0.2, 0) is 4.79 Å². The van der Waals surface area contributed by atoms with E-state index in [9.17, 15) is 4.79 Å². The Morgan fingerprint density at radius 1 is 0.810 bits per heavy atom. The van der Waals surface area contributed by atoms with Gasteiger partial charge in [-0.25, -0.2) is 4.79 Å². The molecule has 0 atom stereocenters. The molecule has 0 unspecified atom stereocenters. The fraction of sp³-hybridized carbons (Fsp3) is 0.600. The zero-order valence-electron chi connectivity index (χ0n) is 13.6. The molecule has 0 spiro atoms. The van der Waals surface area contributed by atoms with Crippen LogP contribution in [0.5, 0.6) is 0 Å². The molecule has 0 aliphatic rings. The SMILES string of the molecule is CCCCCCCCCCCCC(=C=O)c1ccccc1. The fourth-order valence-corrected chi connectivity index (χ4v) is 2.68. The Kier molecular flexibility index (Phi) is 10.5. The number of unbranched alkanes of at least 4 members (excludes halogenated alkanes) is 9. The van der Waals surface area contributed by atoms with Gasteiger partial charge in [-0.2, -0.15) is 0 Å². The third-order valence-electron chi connectivity index (χ3n) is 4.03. The van der Waals surface area contributed by atoms with E-state index in [4.69, 9.17) is 0 Å². The number of hydrogen-bond acceptors (Lipinski definition) is 1. The largest absolute Gasteiger partial charge is 0.233 e. The minimum absolute atomic E-state index is 0.829. The van der Waals surface area contributed by atoms with E-state index in [1.54, 1.807) is 0 Å². The maximum Gasteiger partial charge on any atom is 0.128 e. The smallest absolute Gasteiger partial charge is 0.128 e. The van der Waals surface area contributed by atoms with Crippen LogP contribution < -0.4 is 0 Å². The van der Waals surface area contributed by atoms with Gasteiger partial charge >= 0.3 is 0 Å². The summed E-state index contributed by atoms with van der Waals surface area (Å²) >= 11 is 0. The van der Waals surface area contributed by atoms with Gasteiger partial charge in [0, 0.05) is 5.57 Å². The molecule has 0 fully saturated rings. The topological polar surface area (TPSA) is 17.1 Å². The van der Waals surface area contributed by atoms with Gasteiger partial charge in [0.1, 0.15) is 5.94 Å². The van der Waals surface area contributed by atoms with E-state index >= 15 is 0 Å². The van der Waals surface area contributed by atoms with Crippen molar-refractivity contribution in [1.29, 1.82) is 0 Å². The van der Waals surface area contributed by atoms with Gasteiger partial charge in [-0.3, -0.25) is 0 Å². The predicted octanol–water partition coefficient (Wildman–Crippen LogP) is 6.21. The first-order valence-corrected chi connectivity index (χ1v) is 8.68. The lowest BCUT2D eigenvalue weighted by Gasteiger charge is -2.04. The van der Waals surface area contributed by atoms with Gasteiger partial charge in [-0.05, 0) is 18.4 Å². The summed E-state index contributed by atoms with van der Waals surface area (Å²) < 4.78 is 0. The van der Waals surface area contributed by atoms with E-state index in [1.807, 2.05) is 30.3 Å². The van der Waals surface area contributed by atoms with Crippen LogP contribution in [0, 0.1) is 0 Å². The van der Waals surface area contributed by atoms with Crippen molar-refractivity contribution in [3.63, 3.8) is 0 Å². The van der Waals surface area contributed by atoms with Crippen LogP contribution in [0.4, 0.5) is 0 Å². The summed E-state index contributed by atoms with van der Waals surface area (Å²) in [5.74, 6) is 2.12. The Balaban J connectivity index is 2.02. The molecule has 116 valence electrons. The summed E-state index contributed by atoms with van der Waals surface area (Å²) in [7, 11) is 0. The highest BCUT2D eigenvalue weighted by molar-refractivity contribution is 5.87. The van der Waals surface area contributed by atoms with E-state index in [2.05, 4.69) is 12.9 Å². The van der Waals surface area contributed by atoms with Crippen molar-refractivity contribution in [3.8, 4) is 0 Å². The molecule has 1 nitrogen and oxygen atoms in total. The standard InChI is InChI=1S/C20H30O/c1-2-3-4-5-6-7-8-9-10-12-17-20(18-21)19-15-13-11-14-16-19/h11,13-16H,2-10,12,17H2,1H3. The molecule has 0 amide bonds. The molecule has 0 bridgehead atoms. The maximum absolute atomic E-state index is 11.0. The average molecular weight is 286 g/mol. The van der Waals surface area contributed by atoms with Crippen LogP contribution in [0.3, 0.4) is 0 Å². The number of allylic oxidation sites excluding steroid dienone is 1. The number of hydrogen-bond donors (Lipinski definition) is 0. The molecule has 1 heteroatoms. The molecule has 1 aromatic carbocycles. The zero-order chi connectivity index (χ0) is 15.2. The molecule has 0 aliphatic heterocycles. The number of benzene rings is 1. The van der Waals surface area contributed by atoms with Crippen LogP contribution >= 0.6 is 0 Å². The molecule has 0 heterocycles. The second kappa shape index (κ2) is 12.4. The van der Waals surface area contributed by atoms with Crippen LogP contribution in [0.2, 0.25) is 0 Å². The van der Waals surface area contributed by atoms with E-state index in [0.29, 0.717) is 0 Å². The van der Waals surface area contributed by atoms with E-state index in [1.165, 1.54) is 57.8 Å². The Hall–Kier alpha value is -1.33. The first-order valence-electron chi connectivity index (χ1n) is 8.68. The van der Waals surface area contributed by atoms with Crippen LogP contribution in [-0.4, -0.2) is 5.94 Å². The van der Waals surface area contributed by atoms with Gasteiger partial charge in [0.2, 0.25) is 0 Å². The normalized spacial score (nSPS) is 10.3. The predicted molar refractivity (Wildman–Crippen MR) is 92.0 cm³/mol. The van der Waals surface area contributed by atoms with E-state index < -0.39 is 0 Å². The molecule has 1 aromatic rings. The molecule has 0 radical (unpaired) electrons. The lowest BCUT2D eigenvalue weighted by Crippen LogP contribution is -1.87. The minimum atomic E-state index is 0.829. The average Bonchev–Trinajstić information content (AvgIpc) is 2.54. The fourth-order valence-electron chi connectivity index (χ4n) is 2.68. The number of carbonyl (C=O) groups excluding carboxylic acids is 1. The summed E-state index contributed by atoms with van der Waals surface area (Å²) in [6, 6.07) is 9.93. The quantitative estimate of drug-likeness (QED) is 0.329. The Bertz CT molecular complexity index is 401. The van der Waals surface area contributed by atoms with E-state index in [0.717, 1.165) is 24.0 Å². The summed E-state index contributed by atoms with van der Waals surface area (Å²) in [5, 5.41) is 0. The lowest BCUT2D eigenvalue weighted by atomic mass is 10.00. The van der Waals surface area contributed by atoms with Gasteiger partial charge in [0.25, 0.3) is 0 Å². The highest BCUT2D eigenvalue weighted by Crippen LogP contribution is 2.19. The van der Waals surface area contributed by atoms with Gasteiger partial charge in [-0.1, -0.05) is 95.0 Å². The van der Waals surface area contributed by atoms with Gasteiger partial charge in [-0.15, -0.1) is 0 Å². The third-order valence-corrected chi connectivity index (χ3v) is 4.03. The van der Waals surface area contributed by atoms with Crippen molar-refractivity contribution in [2.45, 2.75) is 77.6 Å².